The van der Waals surface area contributed by atoms with Gasteiger partial charge in [0.1, 0.15) is 6.61 Å². The molecule has 0 heterocycles. The van der Waals surface area contributed by atoms with Crippen LogP contribution in [0.1, 0.15) is 19.8 Å². The molecular formula is C13H16Cl3NO. The normalized spacial score (nSPS) is 16.7. The lowest BCUT2D eigenvalue weighted by atomic mass is 10.2. The van der Waals surface area contributed by atoms with Crippen molar-refractivity contribution >= 4 is 34.8 Å². The Morgan fingerprint density at radius 1 is 1.28 bits per heavy atom. The predicted octanol–water partition coefficient (Wildman–Crippen LogP) is 4.41. The van der Waals surface area contributed by atoms with Gasteiger partial charge in [-0.1, -0.05) is 41.7 Å². The van der Waals surface area contributed by atoms with E-state index >= 15 is 0 Å². The summed E-state index contributed by atoms with van der Waals surface area (Å²) < 4.78 is 5.75. The number of nitrogens with one attached hydrogen (secondary N) is 1. The zero-order chi connectivity index (χ0) is 13.1. The van der Waals surface area contributed by atoms with Crippen molar-refractivity contribution in [1.82, 2.24) is 5.32 Å². The van der Waals surface area contributed by atoms with Gasteiger partial charge in [-0.05, 0) is 37.4 Å². The van der Waals surface area contributed by atoms with Crippen molar-refractivity contribution in [3.8, 4) is 5.75 Å². The molecule has 2 rings (SSSR count). The third-order valence-electron chi connectivity index (χ3n) is 3.03. The summed E-state index contributed by atoms with van der Waals surface area (Å²) in [6.45, 7) is 3.61. The van der Waals surface area contributed by atoms with Crippen LogP contribution >= 0.6 is 34.8 Å². The van der Waals surface area contributed by atoms with Gasteiger partial charge in [-0.25, -0.2) is 0 Å². The number of hydrogen-bond acceptors (Lipinski definition) is 2. The molecule has 100 valence electrons. The van der Waals surface area contributed by atoms with Crippen LogP contribution in [0.3, 0.4) is 0 Å². The van der Waals surface area contributed by atoms with Gasteiger partial charge in [0.05, 0.1) is 10.0 Å². The third-order valence-corrected chi connectivity index (χ3v) is 3.81. The molecule has 0 aromatic heterocycles. The summed E-state index contributed by atoms with van der Waals surface area (Å²) in [7, 11) is 0. The summed E-state index contributed by atoms with van der Waals surface area (Å²) in [5, 5.41) is 4.86. The van der Waals surface area contributed by atoms with E-state index in [1.165, 1.54) is 12.8 Å². The van der Waals surface area contributed by atoms with Gasteiger partial charge in [0, 0.05) is 11.1 Å². The minimum Gasteiger partial charge on any atom is -0.489 e. The Bertz CT molecular complexity index is 398. The maximum absolute atomic E-state index is 6.08. The molecule has 18 heavy (non-hydrogen) atoms. The Kier molecular flexibility index (Phi) is 5.02. The van der Waals surface area contributed by atoms with Gasteiger partial charge in [-0.15, -0.1) is 0 Å². The van der Waals surface area contributed by atoms with E-state index in [1.54, 1.807) is 12.1 Å². The van der Waals surface area contributed by atoms with E-state index < -0.39 is 0 Å². The maximum atomic E-state index is 6.08. The van der Waals surface area contributed by atoms with Crippen LogP contribution in [0.4, 0.5) is 0 Å². The topological polar surface area (TPSA) is 21.3 Å². The molecule has 1 atom stereocenters. The van der Waals surface area contributed by atoms with Crippen LogP contribution < -0.4 is 10.1 Å². The minimum absolute atomic E-state index is 0.373. The second-order valence-corrected chi connectivity index (χ2v) is 5.76. The van der Waals surface area contributed by atoms with Crippen LogP contribution in [0.25, 0.3) is 0 Å². The molecule has 0 radical (unpaired) electrons. The molecule has 5 heteroatoms. The third kappa shape index (κ3) is 3.67. The Morgan fingerprint density at radius 3 is 2.39 bits per heavy atom. The van der Waals surface area contributed by atoms with Crippen molar-refractivity contribution in [1.29, 1.82) is 0 Å². The fourth-order valence-corrected chi connectivity index (χ4v) is 2.89. The predicted molar refractivity (Wildman–Crippen MR) is 77.2 cm³/mol. The molecular weight excluding hydrogens is 293 g/mol. The molecule has 0 aliphatic heterocycles. The molecule has 1 unspecified atom stereocenters. The summed E-state index contributed by atoms with van der Waals surface area (Å²) in [5.74, 6) is 1.24. The monoisotopic (exact) mass is 307 g/mol. The van der Waals surface area contributed by atoms with E-state index in [0.29, 0.717) is 33.5 Å². The number of ether oxygens (including phenoxy) is 1. The van der Waals surface area contributed by atoms with Crippen molar-refractivity contribution in [2.24, 2.45) is 5.92 Å². The van der Waals surface area contributed by atoms with E-state index in [0.717, 1.165) is 12.5 Å². The van der Waals surface area contributed by atoms with E-state index in [2.05, 4.69) is 12.2 Å². The Morgan fingerprint density at radius 2 is 1.89 bits per heavy atom. The van der Waals surface area contributed by atoms with Gasteiger partial charge >= 0.3 is 0 Å². The van der Waals surface area contributed by atoms with Crippen molar-refractivity contribution in [3.63, 3.8) is 0 Å². The lowest BCUT2D eigenvalue weighted by Crippen LogP contribution is -2.36. The van der Waals surface area contributed by atoms with Crippen molar-refractivity contribution in [3.05, 3.63) is 27.2 Å². The lowest BCUT2D eigenvalue weighted by Gasteiger charge is -2.19. The summed E-state index contributed by atoms with van der Waals surface area (Å²) >= 11 is 18.0. The quantitative estimate of drug-likeness (QED) is 0.840. The Labute approximate surface area is 123 Å². The van der Waals surface area contributed by atoms with Crippen LogP contribution in [0, 0.1) is 5.92 Å². The summed E-state index contributed by atoms with van der Waals surface area (Å²) in [4.78, 5) is 0. The SMILES string of the molecule is CCNC(COc1c(Cl)cc(Cl)cc1Cl)C1CC1. The van der Waals surface area contributed by atoms with Crippen LogP contribution in [0.2, 0.25) is 15.1 Å². The summed E-state index contributed by atoms with van der Waals surface area (Å²) in [5.41, 5.74) is 0. The highest BCUT2D eigenvalue weighted by molar-refractivity contribution is 6.40. The number of likely N-dealkylation sites (N-methyl/N-ethyl adjacent to an activating group) is 1. The zero-order valence-corrected chi connectivity index (χ0v) is 12.4. The standard InChI is InChI=1S/C13H16Cl3NO/c1-2-17-12(8-3-4-8)7-18-13-10(15)5-9(14)6-11(13)16/h5-6,8,12,17H,2-4,7H2,1H3. The average molecular weight is 309 g/mol. The summed E-state index contributed by atoms with van der Waals surface area (Å²) in [6, 6.07) is 3.66. The van der Waals surface area contributed by atoms with Crippen molar-refractivity contribution in [2.75, 3.05) is 13.2 Å². The average Bonchev–Trinajstić information content (AvgIpc) is 3.09. The fraction of sp³-hybridized carbons (Fsp3) is 0.538. The van der Waals surface area contributed by atoms with Crippen LogP contribution in [0.5, 0.6) is 5.75 Å². The van der Waals surface area contributed by atoms with Crippen LogP contribution in [0.15, 0.2) is 12.1 Å². The van der Waals surface area contributed by atoms with E-state index in [4.69, 9.17) is 39.5 Å². The molecule has 2 nitrogen and oxygen atoms in total. The van der Waals surface area contributed by atoms with Gasteiger partial charge in [-0.3, -0.25) is 0 Å². The molecule has 0 amide bonds. The second-order valence-electron chi connectivity index (χ2n) is 4.51. The molecule has 1 N–H and O–H groups in total. The largest absolute Gasteiger partial charge is 0.489 e. The number of rotatable bonds is 6. The second kappa shape index (κ2) is 6.33. The highest BCUT2D eigenvalue weighted by atomic mass is 35.5. The molecule has 0 bridgehead atoms. The Balaban J connectivity index is 2.00. The highest BCUT2D eigenvalue weighted by Gasteiger charge is 2.31. The van der Waals surface area contributed by atoms with Crippen LogP contribution in [-0.4, -0.2) is 19.2 Å². The number of hydrogen-bond donors (Lipinski definition) is 1. The van der Waals surface area contributed by atoms with Gasteiger partial charge < -0.3 is 10.1 Å². The smallest absolute Gasteiger partial charge is 0.156 e. The minimum atomic E-state index is 0.373. The zero-order valence-electron chi connectivity index (χ0n) is 10.2. The van der Waals surface area contributed by atoms with E-state index in [1.807, 2.05) is 0 Å². The van der Waals surface area contributed by atoms with E-state index in [-0.39, 0.29) is 0 Å². The molecule has 1 aliphatic carbocycles. The summed E-state index contributed by atoms with van der Waals surface area (Å²) in [6.07, 6.45) is 2.53. The van der Waals surface area contributed by atoms with Crippen LogP contribution in [-0.2, 0) is 0 Å². The molecule has 0 spiro atoms. The number of halogens is 3. The first-order valence-corrected chi connectivity index (χ1v) is 7.26. The lowest BCUT2D eigenvalue weighted by molar-refractivity contribution is 0.251. The fourth-order valence-electron chi connectivity index (χ4n) is 1.96. The van der Waals surface area contributed by atoms with Gasteiger partial charge in [0.15, 0.2) is 5.75 Å². The Hall–Kier alpha value is -0.150. The van der Waals surface area contributed by atoms with E-state index in [9.17, 15) is 0 Å². The van der Waals surface area contributed by atoms with Gasteiger partial charge in [0.25, 0.3) is 0 Å². The molecule has 1 aromatic carbocycles. The molecule has 1 fully saturated rings. The first-order chi connectivity index (χ1) is 8.61. The first-order valence-electron chi connectivity index (χ1n) is 6.12. The van der Waals surface area contributed by atoms with Gasteiger partial charge in [-0.2, -0.15) is 0 Å². The molecule has 1 aliphatic rings. The molecule has 1 saturated carbocycles. The molecule has 1 aromatic rings. The number of benzene rings is 1. The van der Waals surface area contributed by atoms with Crippen molar-refractivity contribution in [2.45, 2.75) is 25.8 Å². The molecule has 0 saturated heterocycles. The van der Waals surface area contributed by atoms with Crippen molar-refractivity contribution < 1.29 is 4.74 Å². The highest BCUT2D eigenvalue weighted by Crippen LogP contribution is 2.37. The first kappa shape index (κ1) is 14.3. The maximum Gasteiger partial charge on any atom is 0.156 e. The van der Waals surface area contributed by atoms with Gasteiger partial charge in [0.2, 0.25) is 0 Å².